The fourth-order valence-electron chi connectivity index (χ4n) is 3.13. The Kier molecular flexibility index (Phi) is 3.80. The molecule has 20 heavy (non-hydrogen) atoms. The predicted octanol–water partition coefficient (Wildman–Crippen LogP) is 2.98. The zero-order valence-electron chi connectivity index (χ0n) is 10.9. The summed E-state index contributed by atoms with van der Waals surface area (Å²) < 4.78 is 0. The normalized spacial score (nSPS) is 28.4. The smallest absolute Gasteiger partial charge is 0.229 e. The average Bonchev–Trinajstić information content (AvgIpc) is 2.45. The Morgan fingerprint density at radius 1 is 1.25 bits per heavy atom. The number of anilines is 1. The lowest BCUT2D eigenvalue weighted by molar-refractivity contribution is -0.125. The second kappa shape index (κ2) is 5.43. The molecular weight excluding hydrogens is 299 g/mol. The van der Waals surface area contributed by atoms with Crippen molar-refractivity contribution in [3.8, 4) is 5.75 Å². The molecule has 3 fully saturated rings. The largest absolute Gasteiger partial charge is 0.505 e. The molecule has 3 aliphatic heterocycles. The number of phenols is 1. The molecule has 1 atom stereocenters. The van der Waals surface area contributed by atoms with Gasteiger partial charge in [0.15, 0.2) is 5.75 Å². The Bertz CT molecular complexity index is 519. The number of piperidine rings is 3. The molecule has 2 bridgehead atoms. The quantitative estimate of drug-likeness (QED) is 0.825. The Hall–Kier alpha value is -0.970. The van der Waals surface area contributed by atoms with E-state index < -0.39 is 0 Å². The van der Waals surface area contributed by atoms with Crippen molar-refractivity contribution < 1.29 is 9.90 Å². The number of hydrogen-bond acceptors (Lipinski definition) is 3. The van der Waals surface area contributed by atoms with E-state index in [0.29, 0.717) is 11.6 Å². The first-order valence-electron chi connectivity index (χ1n) is 6.76. The second-order valence-electron chi connectivity index (χ2n) is 5.52. The standard InChI is InChI=1S/C14H16Cl2N2O2/c15-11-5-9(6-12(16)13(11)19)17-14(20)10-7-18-3-1-8(10)2-4-18/h5-6,8,10,19H,1-4,7H2,(H,17,20). The molecule has 6 heteroatoms. The minimum atomic E-state index is -0.158. The van der Waals surface area contributed by atoms with Crippen molar-refractivity contribution >= 4 is 34.8 Å². The van der Waals surface area contributed by atoms with E-state index in [-0.39, 0.29) is 27.6 Å². The van der Waals surface area contributed by atoms with Gasteiger partial charge in [0.2, 0.25) is 5.91 Å². The predicted molar refractivity (Wildman–Crippen MR) is 79.4 cm³/mol. The van der Waals surface area contributed by atoms with Gasteiger partial charge < -0.3 is 15.3 Å². The van der Waals surface area contributed by atoms with E-state index in [4.69, 9.17) is 23.2 Å². The summed E-state index contributed by atoms with van der Waals surface area (Å²) in [5.41, 5.74) is 0.527. The summed E-state index contributed by atoms with van der Waals surface area (Å²) in [6.45, 7) is 3.03. The van der Waals surface area contributed by atoms with Crippen LogP contribution in [-0.4, -0.2) is 35.5 Å². The minimum absolute atomic E-state index is 0.0113. The van der Waals surface area contributed by atoms with Gasteiger partial charge in [-0.05, 0) is 44.0 Å². The highest BCUT2D eigenvalue weighted by atomic mass is 35.5. The number of aromatic hydroxyl groups is 1. The van der Waals surface area contributed by atoms with Gasteiger partial charge in [-0.2, -0.15) is 0 Å². The zero-order chi connectivity index (χ0) is 14.3. The molecule has 1 aromatic carbocycles. The maximum Gasteiger partial charge on any atom is 0.229 e. The third-order valence-corrected chi connectivity index (χ3v) is 4.85. The van der Waals surface area contributed by atoms with Crippen LogP contribution in [0.4, 0.5) is 5.69 Å². The Balaban J connectivity index is 1.73. The topological polar surface area (TPSA) is 52.6 Å². The molecule has 3 saturated heterocycles. The molecule has 1 amide bonds. The molecule has 4 rings (SSSR count). The summed E-state index contributed by atoms with van der Waals surface area (Å²) in [7, 11) is 0. The van der Waals surface area contributed by atoms with Gasteiger partial charge >= 0.3 is 0 Å². The molecule has 0 radical (unpaired) electrons. The SMILES string of the molecule is O=C(Nc1cc(Cl)c(O)c(Cl)c1)C1CN2CCC1CC2. The van der Waals surface area contributed by atoms with E-state index in [1.807, 2.05) is 0 Å². The molecule has 0 aromatic heterocycles. The maximum atomic E-state index is 12.4. The number of carbonyl (C=O) groups is 1. The summed E-state index contributed by atoms with van der Waals surface area (Å²) in [6.07, 6.45) is 2.18. The number of phenolic OH excluding ortho intramolecular Hbond substituents is 1. The molecule has 0 saturated carbocycles. The van der Waals surface area contributed by atoms with Crippen LogP contribution in [-0.2, 0) is 4.79 Å². The molecular formula is C14H16Cl2N2O2. The van der Waals surface area contributed by atoms with E-state index >= 15 is 0 Å². The Labute approximate surface area is 127 Å². The zero-order valence-corrected chi connectivity index (χ0v) is 12.4. The highest BCUT2D eigenvalue weighted by Crippen LogP contribution is 2.36. The van der Waals surface area contributed by atoms with E-state index in [1.165, 1.54) is 12.1 Å². The number of carbonyl (C=O) groups excluding carboxylic acids is 1. The Morgan fingerprint density at radius 2 is 1.85 bits per heavy atom. The minimum Gasteiger partial charge on any atom is -0.505 e. The van der Waals surface area contributed by atoms with Crippen molar-refractivity contribution in [3.63, 3.8) is 0 Å². The first-order chi connectivity index (χ1) is 9.54. The van der Waals surface area contributed by atoms with Crippen molar-refractivity contribution in [2.45, 2.75) is 12.8 Å². The molecule has 2 N–H and O–H groups in total. The van der Waals surface area contributed by atoms with Crippen LogP contribution >= 0.6 is 23.2 Å². The first kappa shape index (κ1) is 14.0. The maximum absolute atomic E-state index is 12.4. The number of nitrogens with zero attached hydrogens (tertiary/aromatic N) is 1. The number of amides is 1. The van der Waals surface area contributed by atoms with Crippen LogP contribution in [0.25, 0.3) is 0 Å². The van der Waals surface area contributed by atoms with Gasteiger partial charge in [-0.3, -0.25) is 4.79 Å². The van der Waals surface area contributed by atoms with Crippen molar-refractivity contribution in [1.29, 1.82) is 0 Å². The van der Waals surface area contributed by atoms with Crippen LogP contribution in [0.5, 0.6) is 5.75 Å². The van der Waals surface area contributed by atoms with Gasteiger partial charge in [-0.1, -0.05) is 23.2 Å². The van der Waals surface area contributed by atoms with Crippen LogP contribution in [0.1, 0.15) is 12.8 Å². The van der Waals surface area contributed by atoms with Gasteiger partial charge in [-0.25, -0.2) is 0 Å². The lowest BCUT2D eigenvalue weighted by Gasteiger charge is -2.43. The number of fused-ring (bicyclic) bond motifs is 3. The molecule has 3 aliphatic rings. The second-order valence-corrected chi connectivity index (χ2v) is 6.34. The molecule has 4 nitrogen and oxygen atoms in total. The van der Waals surface area contributed by atoms with E-state index in [9.17, 15) is 9.90 Å². The van der Waals surface area contributed by atoms with Crippen LogP contribution in [0.15, 0.2) is 12.1 Å². The van der Waals surface area contributed by atoms with Gasteiger partial charge in [-0.15, -0.1) is 0 Å². The van der Waals surface area contributed by atoms with Gasteiger partial charge in [0.25, 0.3) is 0 Å². The van der Waals surface area contributed by atoms with Crippen LogP contribution in [0.3, 0.4) is 0 Å². The van der Waals surface area contributed by atoms with Gasteiger partial charge in [0.05, 0.1) is 16.0 Å². The number of halogens is 2. The molecule has 0 aliphatic carbocycles. The van der Waals surface area contributed by atoms with Crippen molar-refractivity contribution in [2.75, 3.05) is 25.0 Å². The van der Waals surface area contributed by atoms with Crippen molar-refractivity contribution in [2.24, 2.45) is 11.8 Å². The third-order valence-electron chi connectivity index (χ3n) is 4.28. The molecule has 108 valence electrons. The monoisotopic (exact) mass is 314 g/mol. The van der Waals surface area contributed by atoms with Crippen molar-refractivity contribution in [1.82, 2.24) is 4.90 Å². The number of benzene rings is 1. The summed E-state index contributed by atoms with van der Waals surface area (Å²) in [5, 5.41) is 12.7. The number of nitrogens with one attached hydrogen (secondary N) is 1. The molecule has 3 heterocycles. The lowest BCUT2D eigenvalue weighted by atomic mass is 9.78. The van der Waals surface area contributed by atoms with Crippen LogP contribution in [0, 0.1) is 11.8 Å². The molecule has 0 spiro atoms. The molecule has 1 aromatic rings. The lowest BCUT2D eigenvalue weighted by Crippen LogP contribution is -2.51. The van der Waals surface area contributed by atoms with Crippen molar-refractivity contribution in [3.05, 3.63) is 22.2 Å². The summed E-state index contributed by atoms with van der Waals surface area (Å²) >= 11 is 11.7. The van der Waals surface area contributed by atoms with Gasteiger partial charge in [0.1, 0.15) is 0 Å². The Morgan fingerprint density at radius 3 is 2.35 bits per heavy atom. The van der Waals surface area contributed by atoms with E-state index in [2.05, 4.69) is 10.2 Å². The highest BCUT2D eigenvalue weighted by molar-refractivity contribution is 6.37. The highest BCUT2D eigenvalue weighted by Gasteiger charge is 2.38. The summed E-state index contributed by atoms with van der Waals surface area (Å²) in [6, 6.07) is 3.03. The first-order valence-corrected chi connectivity index (χ1v) is 7.51. The number of rotatable bonds is 2. The van der Waals surface area contributed by atoms with Crippen LogP contribution in [0.2, 0.25) is 10.0 Å². The third kappa shape index (κ3) is 2.60. The average molecular weight is 315 g/mol. The summed E-state index contributed by atoms with van der Waals surface area (Å²) in [5.74, 6) is 0.360. The van der Waals surface area contributed by atoms with E-state index in [0.717, 1.165) is 32.5 Å². The van der Waals surface area contributed by atoms with Gasteiger partial charge in [0, 0.05) is 12.2 Å². The van der Waals surface area contributed by atoms with Crippen LogP contribution < -0.4 is 5.32 Å². The number of hydrogen-bond donors (Lipinski definition) is 2. The fourth-order valence-corrected chi connectivity index (χ4v) is 3.62. The fraction of sp³-hybridized carbons (Fsp3) is 0.500. The molecule has 1 unspecified atom stereocenters. The van der Waals surface area contributed by atoms with E-state index in [1.54, 1.807) is 0 Å². The summed E-state index contributed by atoms with van der Waals surface area (Å²) in [4.78, 5) is 14.7.